The molecule has 1 unspecified atom stereocenters. The number of carboxylic acid groups (broad SMARTS) is 1. The highest BCUT2D eigenvalue weighted by atomic mass is 16.6. The summed E-state index contributed by atoms with van der Waals surface area (Å²) in [5.74, 6) is -1.62. The molecule has 0 aromatic heterocycles. The fourth-order valence-electron chi connectivity index (χ4n) is 2.05. The van der Waals surface area contributed by atoms with Crippen LogP contribution in [0.25, 0.3) is 0 Å². The summed E-state index contributed by atoms with van der Waals surface area (Å²) in [6.45, 7) is 4.71. The van der Waals surface area contributed by atoms with E-state index in [0.717, 1.165) is 10.5 Å². The molecule has 0 aliphatic heterocycles. The van der Waals surface area contributed by atoms with E-state index in [1.807, 2.05) is 30.3 Å². The number of carboxylic acids is 1. The van der Waals surface area contributed by atoms with E-state index in [1.165, 1.54) is 7.05 Å². The van der Waals surface area contributed by atoms with Gasteiger partial charge in [0.25, 0.3) is 0 Å². The van der Waals surface area contributed by atoms with Gasteiger partial charge in [0.2, 0.25) is 5.91 Å². The molecule has 2 N–H and O–H groups in total. The number of carbonyl (C=O) groups is 3. The van der Waals surface area contributed by atoms with Crippen molar-refractivity contribution in [2.24, 2.45) is 0 Å². The smallest absolute Gasteiger partial charge is 0.408 e. The van der Waals surface area contributed by atoms with Crippen molar-refractivity contribution >= 4 is 18.0 Å². The second-order valence-electron chi connectivity index (χ2n) is 6.48. The zero-order valence-corrected chi connectivity index (χ0v) is 14.4. The molecule has 132 valence electrons. The predicted octanol–water partition coefficient (Wildman–Crippen LogP) is 1.67. The molecule has 0 heterocycles. The number of hydrogen-bond acceptors (Lipinski definition) is 4. The van der Waals surface area contributed by atoms with Gasteiger partial charge in [-0.15, -0.1) is 0 Å². The van der Waals surface area contributed by atoms with Gasteiger partial charge >= 0.3 is 12.1 Å². The van der Waals surface area contributed by atoms with Gasteiger partial charge in [-0.3, -0.25) is 9.59 Å². The molecule has 0 saturated carbocycles. The van der Waals surface area contributed by atoms with Crippen LogP contribution >= 0.6 is 0 Å². The third-order valence-corrected chi connectivity index (χ3v) is 3.02. The Kier molecular flexibility index (Phi) is 6.76. The zero-order chi connectivity index (χ0) is 18.3. The molecule has 7 nitrogen and oxygen atoms in total. The number of hydrogen-bond donors (Lipinski definition) is 2. The Morgan fingerprint density at radius 3 is 2.29 bits per heavy atom. The van der Waals surface area contributed by atoms with Gasteiger partial charge in [-0.05, 0) is 26.3 Å². The van der Waals surface area contributed by atoms with Crippen LogP contribution in [0.1, 0.15) is 26.3 Å². The highest BCUT2D eigenvalue weighted by molar-refractivity contribution is 5.88. The molecule has 0 radical (unpaired) electrons. The summed E-state index contributed by atoms with van der Waals surface area (Å²) in [4.78, 5) is 36.3. The van der Waals surface area contributed by atoms with Gasteiger partial charge in [0.05, 0.1) is 0 Å². The van der Waals surface area contributed by atoms with E-state index in [0.29, 0.717) is 0 Å². The second kappa shape index (κ2) is 8.33. The van der Waals surface area contributed by atoms with Crippen LogP contribution < -0.4 is 5.32 Å². The van der Waals surface area contributed by atoms with Crippen molar-refractivity contribution in [1.82, 2.24) is 10.2 Å². The number of rotatable bonds is 6. The van der Waals surface area contributed by atoms with Gasteiger partial charge in [-0.25, -0.2) is 4.79 Å². The minimum absolute atomic E-state index is 0.239. The summed E-state index contributed by atoms with van der Waals surface area (Å²) in [5, 5.41) is 11.4. The monoisotopic (exact) mass is 336 g/mol. The molecule has 1 aromatic carbocycles. The molecular formula is C17H24N2O5. The summed E-state index contributed by atoms with van der Waals surface area (Å²) < 4.78 is 5.18. The molecule has 0 aliphatic rings. The summed E-state index contributed by atoms with van der Waals surface area (Å²) in [6, 6.07) is 8.24. The SMILES string of the molecule is CN(CC(=O)O)C(=O)C(Cc1ccccc1)NC(=O)OC(C)(C)C. The molecule has 24 heavy (non-hydrogen) atoms. The summed E-state index contributed by atoms with van der Waals surface area (Å²) in [7, 11) is 1.38. The maximum Gasteiger partial charge on any atom is 0.408 e. The highest BCUT2D eigenvalue weighted by Gasteiger charge is 2.27. The van der Waals surface area contributed by atoms with Gasteiger partial charge in [-0.1, -0.05) is 30.3 Å². The Hall–Kier alpha value is -2.57. The van der Waals surface area contributed by atoms with E-state index < -0.39 is 36.2 Å². The average molecular weight is 336 g/mol. The van der Waals surface area contributed by atoms with Crippen LogP contribution in [0.5, 0.6) is 0 Å². The van der Waals surface area contributed by atoms with Crippen molar-refractivity contribution in [3.05, 3.63) is 35.9 Å². The number of benzene rings is 1. The first-order valence-corrected chi connectivity index (χ1v) is 7.58. The minimum Gasteiger partial charge on any atom is -0.480 e. The van der Waals surface area contributed by atoms with Gasteiger partial charge in [0.15, 0.2) is 0 Å². The molecule has 0 fully saturated rings. The predicted molar refractivity (Wildman–Crippen MR) is 88.6 cm³/mol. The molecule has 1 aromatic rings. The first-order valence-electron chi connectivity index (χ1n) is 7.58. The molecule has 0 saturated heterocycles. The fourth-order valence-corrected chi connectivity index (χ4v) is 2.05. The zero-order valence-electron chi connectivity index (χ0n) is 14.4. The van der Waals surface area contributed by atoms with E-state index in [2.05, 4.69) is 5.32 Å². The lowest BCUT2D eigenvalue weighted by Gasteiger charge is -2.26. The number of nitrogens with one attached hydrogen (secondary N) is 1. The Bertz CT molecular complexity index is 580. The average Bonchev–Trinajstić information content (AvgIpc) is 2.44. The number of nitrogens with zero attached hydrogens (tertiary/aromatic N) is 1. The number of carbonyl (C=O) groups excluding carboxylic acids is 2. The van der Waals surface area contributed by atoms with Crippen molar-refractivity contribution in [3.8, 4) is 0 Å². The van der Waals surface area contributed by atoms with Crippen molar-refractivity contribution < 1.29 is 24.2 Å². The Labute approximate surface area is 141 Å². The molecule has 0 bridgehead atoms. The first kappa shape index (κ1) is 19.5. The summed E-state index contributed by atoms with van der Waals surface area (Å²) in [6.07, 6.45) is -0.483. The summed E-state index contributed by atoms with van der Waals surface area (Å²) in [5.41, 5.74) is 0.146. The maximum atomic E-state index is 12.5. The summed E-state index contributed by atoms with van der Waals surface area (Å²) >= 11 is 0. The van der Waals surface area contributed by atoms with Crippen LogP contribution in [0.3, 0.4) is 0 Å². The molecule has 0 spiro atoms. The lowest BCUT2D eigenvalue weighted by Crippen LogP contribution is -2.50. The lowest BCUT2D eigenvalue weighted by atomic mass is 10.0. The number of likely N-dealkylation sites (N-methyl/N-ethyl adjacent to an activating group) is 1. The van der Waals surface area contributed by atoms with Gasteiger partial charge < -0.3 is 20.1 Å². The number of ether oxygens (including phenoxy) is 1. The van der Waals surface area contributed by atoms with E-state index in [-0.39, 0.29) is 6.42 Å². The lowest BCUT2D eigenvalue weighted by molar-refractivity contribution is -0.144. The standard InChI is InChI=1S/C17H24N2O5/c1-17(2,3)24-16(23)18-13(10-12-8-6-5-7-9-12)15(22)19(4)11-14(20)21/h5-9,13H,10-11H2,1-4H3,(H,18,23)(H,20,21). The molecule has 7 heteroatoms. The van der Waals surface area contributed by atoms with Gasteiger partial charge in [0, 0.05) is 13.5 Å². The maximum absolute atomic E-state index is 12.5. The normalized spacial score (nSPS) is 12.2. The van der Waals surface area contributed by atoms with E-state index in [9.17, 15) is 14.4 Å². The molecular weight excluding hydrogens is 312 g/mol. The molecule has 1 rings (SSSR count). The molecule has 0 aliphatic carbocycles. The third kappa shape index (κ3) is 7.13. The Morgan fingerprint density at radius 2 is 1.79 bits per heavy atom. The number of alkyl carbamates (subject to hydrolysis) is 1. The molecule has 2 amide bonds. The van der Waals surface area contributed by atoms with Gasteiger partial charge in [-0.2, -0.15) is 0 Å². The van der Waals surface area contributed by atoms with Crippen LogP contribution in [-0.2, 0) is 20.7 Å². The second-order valence-corrected chi connectivity index (χ2v) is 6.48. The topological polar surface area (TPSA) is 95.9 Å². The third-order valence-electron chi connectivity index (χ3n) is 3.02. The Morgan fingerprint density at radius 1 is 1.21 bits per heavy atom. The van der Waals surface area contributed by atoms with Crippen LogP contribution in [0.15, 0.2) is 30.3 Å². The number of amides is 2. The van der Waals surface area contributed by atoms with Crippen LogP contribution in [0.2, 0.25) is 0 Å². The molecule has 1 atom stereocenters. The van der Waals surface area contributed by atoms with Crippen molar-refractivity contribution in [1.29, 1.82) is 0 Å². The minimum atomic E-state index is -1.12. The van der Waals surface area contributed by atoms with E-state index in [1.54, 1.807) is 20.8 Å². The van der Waals surface area contributed by atoms with Crippen LogP contribution in [-0.4, -0.2) is 53.2 Å². The first-order chi connectivity index (χ1) is 11.1. The van der Waals surface area contributed by atoms with Crippen molar-refractivity contribution in [3.63, 3.8) is 0 Å². The van der Waals surface area contributed by atoms with Crippen LogP contribution in [0, 0.1) is 0 Å². The Balaban J connectivity index is 2.88. The highest BCUT2D eigenvalue weighted by Crippen LogP contribution is 2.09. The van der Waals surface area contributed by atoms with Crippen LogP contribution in [0.4, 0.5) is 4.79 Å². The number of aliphatic carboxylic acids is 1. The van der Waals surface area contributed by atoms with Crippen molar-refractivity contribution in [2.75, 3.05) is 13.6 Å². The fraction of sp³-hybridized carbons (Fsp3) is 0.471. The van der Waals surface area contributed by atoms with E-state index in [4.69, 9.17) is 9.84 Å². The van der Waals surface area contributed by atoms with Crippen molar-refractivity contribution in [2.45, 2.75) is 38.8 Å². The van der Waals surface area contributed by atoms with Gasteiger partial charge in [0.1, 0.15) is 18.2 Å². The largest absolute Gasteiger partial charge is 0.480 e. The van der Waals surface area contributed by atoms with E-state index >= 15 is 0 Å². The quantitative estimate of drug-likeness (QED) is 0.824.